The second-order valence-corrected chi connectivity index (χ2v) is 6.03. The average molecular weight is 377 g/mol. The zero-order chi connectivity index (χ0) is 17.6. The summed E-state index contributed by atoms with van der Waals surface area (Å²) in [5.41, 5.74) is 1.55. The van der Waals surface area contributed by atoms with Crippen molar-refractivity contribution in [1.29, 1.82) is 0 Å². The van der Waals surface area contributed by atoms with Crippen molar-refractivity contribution in [3.8, 4) is 17.1 Å². The highest BCUT2D eigenvalue weighted by molar-refractivity contribution is 6.35. The van der Waals surface area contributed by atoms with Gasteiger partial charge in [0.2, 0.25) is 0 Å². The maximum Gasteiger partial charge on any atom is 0.258 e. The highest BCUT2D eigenvalue weighted by Crippen LogP contribution is 2.27. The van der Waals surface area contributed by atoms with Gasteiger partial charge in [-0.25, -0.2) is 0 Å². The van der Waals surface area contributed by atoms with Crippen LogP contribution in [0.4, 0.5) is 0 Å². The predicted octanol–water partition coefficient (Wildman–Crippen LogP) is 4.34. The Morgan fingerprint density at radius 3 is 2.68 bits per heavy atom. The molecule has 5 nitrogen and oxygen atoms in total. The summed E-state index contributed by atoms with van der Waals surface area (Å²) < 4.78 is 10.6. The van der Waals surface area contributed by atoms with Gasteiger partial charge in [-0.1, -0.05) is 58.7 Å². The normalized spacial score (nSPS) is 10.5. The Kier molecular flexibility index (Phi) is 5.58. The molecule has 3 aromatic rings. The van der Waals surface area contributed by atoms with Gasteiger partial charge < -0.3 is 14.6 Å². The van der Waals surface area contributed by atoms with Gasteiger partial charge in [-0.3, -0.25) is 4.79 Å². The quantitative estimate of drug-likeness (QED) is 0.694. The van der Waals surface area contributed by atoms with E-state index in [-0.39, 0.29) is 19.1 Å². The van der Waals surface area contributed by atoms with Gasteiger partial charge in [-0.2, -0.15) is 0 Å². The molecule has 7 heteroatoms. The SMILES string of the molecule is O=C(COc1ccc(Cl)cc1Cl)NCc1cc(-c2ccccc2)on1. The van der Waals surface area contributed by atoms with E-state index in [1.807, 2.05) is 30.3 Å². The molecule has 0 saturated heterocycles. The molecule has 0 unspecified atom stereocenters. The Balaban J connectivity index is 1.50. The smallest absolute Gasteiger partial charge is 0.258 e. The van der Waals surface area contributed by atoms with E-state index >= 15 is 0 Å². The van der Waals surface area contributed by atoms with E-state index in [1.165, 1.54) is 0 Å². The number of benzene rings is 2. The Labute approximate surface area is 154 Å². The Morgan fingerprint density at radius 1 is 1.12 bits per heavy atom. The molecular formula is C18H14Cl2N2O3. The molecule has 0 atom stereocenters. The lowest BCUT2D eigenvalue weighted by Gasteiger charge is -2.08. The van der Waals surface area contributed by atoms with Crippen molar-refractivity contribution in [3.63, 3.8) is 0 Å². The second kappa shape index (κ2) is 8.05. The molecule has 0 bridgehead atoms. The Hall–Kier alpha value is -2.50. The van der Waals surface area contributed by atoms with Crippen molar-refractivity contribution in [2.24, 2.45) is 0 Å². The average Bonchev–Trinajstić information content (AvgIpc) is 3.09. The molecule has 0 radical (unpaired) electrons. The minimum absolute atomic E-state index is 0.162. The number of halogens is 2. The third kappa shape index (κ3) is 4.75. The fourth-order valence-corrected chi connectivity index (χ4v) is 2.57. The lowest BCUT2D eigenvalue weighted by molar-refractivity contribution is -0.123. The highest BCUT2D eigenvalue weighted by atomic mass is 35.5. The van der Waals surface area contributed by atoms with Crippen molar-refractivity contribution >= 4 is 29.1 Å². The minimum Gasteiger partial charge on any atom is -0.482 e. The van der Waals surface area contributed by atoms with Crippen LogP contribution in [0.2, 0.25) is 10.0 Å². The molecule has 0 aliphatic rings. The molecule has 0 fully saturated rings. The molecule has 3 rings (SSSR count). The molecule has 1 N–H and O–H groups in total. The Morgan fingerprint density at radius 2 is 1.92 bits per heavy atom. The van der Waals surface area contributed by atoms with Gasteiger partial charge in [0.05, 0.1) is 11.6 Å². The number of hydrogen-bond acceptors (Lipinski definition) is 4. The summed E-state index contributed by atoms with van der Waals surface area (Å²) in [5, 5.41) is 7.50. The first-order chi connectivity index (χ1) is 12.1. The lowest BCUT2D eigenvalue weighted by Crippen LogP contribution is -2.28. The molecule has 1 heterocycles. The van der Waals surface area contributed by atoms with Crippen molar-refractivity contribution in [3.05, 3.63) is 70.3 Å². The standard InChI is InChI=1S/C18H14Cl2N2O3/c19-13-6-7-16(15(20)8-13)24-11-18(23)21-10-14-9-17(25-22-14)12-4-2-1-3-5-12/h1-9H,10-11H2,(H,21,23). The molecule has 2 aromatic carbocycles. The van der Waals surface area contributed by atoms with Gasteiger partial charge in [0.15, 0.2) is 12.4 Å². The monoisotopic (exact) mass is 376 g/mol. The van der Waals surface area contributed by atoms with Crippen LogP contribution in [0.3, 0.4) is 0 Å². The molecule has 25 heavy (non-hydrogen) atoms. The van der Waals surface area contributed by atoms with Crippen LogP contribution in [-0.2, 0) is 11.3 Å². The molecule has 0 aliphatic carbocycles. The van der Waals surface area contributed by atoms with Gasteiger partial charge in [0.25, 0.3) is 5.91 Å². The summed E-state index contributed by atoms with van der Waals surface area (Å²) in [4.78, 5) is 11.9. The van der Waals surface area contributed by atoms with Crippen molar-refractivity contribution < 1.29 is 14.1 Å². The molecule has 0 aliphatic heterocycles. The fraction of sp³-hybridized carbons (Fsp3) is 0.111. The molecule has 0 saturated carbocycles. The fourth-order valence-electron chi connectivity index (χ4n) is 2.11. The van der Waals surface area contributed by atoms with E-state index in [2.05, 4.69) is 10.5 Å². The molecular weight excluding hydrogens is 363 g/mol. The van der Waals surface area contributed by atoms with E-state index in [9.17, 15) is 4.79 Å². The van der Waals surface area contributed by atoms with Crippen molar-refractivity contribution in [1.82, 2.24) is 10.5 Å². The van der Waals surface area contributed by atoms with Crippen LogP contribution in [0.1, 0.15) is 5.69 Å². The van der Waals surface area contributed by atoms with Gasteiger partial charge in [-0.05, 0) is 18.2 Å². The number of carbonyl (C=O) groups is 1. The lowest BCUT2D eigenvalue weighted by atomic mass is 10.2. The van der Waals surface area contributed by atoms with Gasteiger partial charge >= 0.3 is 0 Å². The summed E-state index contributed by atoms with van der Waals surface area (Å²) in [6, 6.07) is 16.2. The van der Waals surface area contributed by atoms with Gasteiger partial charge in [0, 0.05) is 16.7 Å². The third-order valence-corrected chi connectivity index (χ3v) is 3.87. The first-order valence-corrected chi connectivity index (χ1v) is 8.23. The van der Waals surface area contributed by atoms with Gasteiger partial charge in [-0.15, -0.1) is 0 Å². The maximum atomic E-state index is 11.9. The second-order valence-electron chi connectivity index (χ2n) is 5.19. The van der Waals surface area contributed by atoms with E-state index in [1.54, 1.807) is 24.3 Å². The number of aromatic nitrogens is 1. The van der Waals surface area contributed by atoms with Crippen LogP contribution < -0.4 is 10.1 Å². The number of carbonyl (C=O) groups excluding carboxylic acids is 1. The first kappa shape index (κ1) is 17.3. The summed E-state index contributed by atoms with van der Waals surface area (Å²) >= 11 is 11.8. The number of ether oxygens (including phenoxy) is 1. The largest absolute Gasteiger partial charge is 0.482 e. The van der Waals surface area contributed by atoms with Crippen LogP contribution in [0, 0.1) is 0 Å². The zero-order valence-electron chi connectivity index (χ0n) is 13.0. The molecule has 0 spiro atoms. The van der Waals surface area contributed by atoms with E-state index in [4.69, 9.17) is 32.5 Å². The number of amides is 1. The molecule has 1 aromatic heterocycles. The van der Waals surface area contributed by atoms with Crippen molar-refractivity contribution in [2.45, 2.75) is 6.54 Å². The van der Waals surface area contributed by atoms with Gasteiger partial charge in [0.1, 0.15) is 11.4 Å². The van der Waals surface area contributed by atoms with Crippen LogP contribution in [-0.4, -0.2) is 17.7 Å². The number of hydrogen-bond donors (Lipinski definition) is 1. The van der Waals surface area contributed by atoms with Crippen LogP contribution in [0.15, 0.2) is 59.1 Å². The number of nitrogens with zero attached hydrogens (tertiary/aromatic N) is 1. The first-order valence-electron chi connectivity index (χ1n) is 7.47. The number of nitrogens with one attached hydrogen (secondary N) is 1. The number of rotatable bonds is 6. The van der Waals surface area contributed by atoms with E-state index < -0.39 is 0 Å². The minimum atomic E-state index is -0.296. The summed E-state index contributed by atoms with van der Waals surface area (Å²) in [6.07, 6.45) is 0. The predicted molar refractivity (Wildman–Crippen MR) is 95.7 cm³/mol. The highest BCUT2D eigenvalue weighted by Gasteiger charge is 2.09. The summed E-state index contributed by atoms with van der Waals surface area (Å²) in [7, 11) is 0. The summed E-state index contributed by atoms with van der Waals surface area (Å²) in [6.45, 7) is 0.0810. The molecule has 128 valence electrons. The van der Waals surface area contributed by atoms with Crippen LogP contribution in [0.25, 0.3) is 11.3 Å². The van der Waals surface area contributed by atoms with Crippen LogP contribution in [0.5, 0.6) is 5.75 Å². The zero-order valence-corrected chi connectivity index (χ0v) is 14.6. The molecule has 1 amide bonds. The van der Waals surface area contributed by atoms with E-state index in [0.717, 1.165) is 5.56 Å². The third-order valence-electron chi connectivity index (χ3n) is 3.34. The van der Waals surface area contributed by atoms with Crippen molar-refractivity contribution in [2.75, 3.05) is 6.61 Å². The topological polar surface area (TPSA) is 64.4 Å². The van der Waals surface area contributed by atoms with E-state index in [0.29, 0.717) is 27.2 Å². The summed E-state index contributed by atoms with van der Waals surface area (Å²) in [5.74, 6) is 0.748. The Bertz CT molecular complexity index is 866. The van der Waals surface area contributed by atoms with Crippen LogP contribution >= 0.6 is 23.2 Å². The maximum absolute atomic E-state index is 11.9.